The van der Waals surface area contributed by atoms with Crippen molar-refractivity contribution in [1.82, 2.24) is 5.43 Å². The van der Waals surface area contributed by atoms with Gasteiger partial charge in [-0.1, -0.05) is 24.3 Å². The van der Waals surface area contributed by atoms with E-state index >= 15 is 0 Å². The fraction of sp³-hybridized carbons (Fsp3) is 0.111. The van der Waals surface area contributed by atoms with Gasteiger partial charge in [0.05, 0.1) is 6.21 Å². The highest BCUT2D eigenvalue weighted by Gasteiger charge is 2.27. The molecule has 0 saturated carbocycles. The first-order valence-electron chi connectivity index (χ1n) is 7.58. The van der Waals surface area contributed by atoms with Crippen LogP contribution < -0.4 is 14.9 Å². The number of halogens is 1. The molecule has 1 aliphatic heterocycles. The van der Waals surface area contributed by atoms with Crippen LogP contribution in [0.25, 0.3) is 10.8 Å². The lowest BCUT2D eigenvalue weighted by atomic mass is 10.1. The molecule has 0 radical (unpaired) electrons. The normalized spacial score (nSPS) is 16.3. The predicted molar refractivity (Wildman–Crippen MR) is 102 cm³/mol. The molecule has 0 unspecified atom stereocenters. The van der Waals surface area contributed by atoms with Crippen molar-refractivity contribution < 1.29 is 14.3 Å². The number of hydrogen-bond donors (Lipinski definition) is 1. The molecule has 0 aliphatic carbocycles. The molecule has 2 aromatic carbocycles. The maximum atomic E-state index is 12.2. The monoisotopic (exact) mass is 416 g/mol. The van der Waals surface area contributed by atoms with Gasteiger partial charge in [-0.3, -0.25) is 4.79 Å². The van der Waals surface area contributed by atoms with E-state index in [4.69, 9.17) is 9.47 Å². The van der Waals surface area contributed by atoms with Gasteiger partial charge < -0.3 is 9.47 Å². The van der Waals surface area contributed by atoms with Crippen molar-refractivity contribution in [2.45, 2.75) is 6.10 Å². The molecule has 4 rings (SSSR count). The average Bonchev–Trinajstić information content (AvgIpc) is 3.04. The number of fused-ring (bicyclic) bond motifs is 2. The topological polar surface area (TPSA) is 59.9 Å². The summed E-state index contributed by atoms with van der Waals surface area (Å²) in [5.41, 5.74) is 2.49. The van der Waals surface area contributed by atoms with Crippen LogP contribution in [0.4, 0.5) is 0 Å². The van der Waals surface area contributed by atoms with Gasteiger partial charge in [0.25, 0.3) is 5.91 Å². The summed E-state index contributed by atoms with van der Waals surface area (Å²) in [7, 11) is 0. The lowest BCUT2D eigenvalue weighted by Crippen LogP contribution is -2.42. The number of nitrogens with one attached hydrogen (secondary N) is 1. The van der Waals surface area contributed by atoms with E-state index in [0.29, 0.717) is 11.5 Å². The Balaban J connectivity index is 1.45. The van der Waals surface area contributed by atoms with Gasteiger partial charge >= 0.3 is 0 Å². The van der Waals surface area contributed by atoms with Crippen LogP contribution in [0.15, 0.2) is 57.4 Å². The van der Waals surface area contributed by atoms with E-state index in [0.717, 1.165) is 20.1 Å². The number of benzene rings is 2. The summed E-state index contributed by atoms with van der Waals surface area (Å²) >= 11 is 4.90. The quantitative estimate of drug-likeness (QED) is 0.519. The summed E-state index contributed by atoms with van der Waals surface area (Å²) in [4.78, 5) is 13.2. The van der Waals surface area contributed by atoms with Crippen molar-refractivity contribution >= 4 is 50.2 Å². The fourth-order valence-corrected chi connectivity index (χ4v) is 3.82. The summed E-state index contributed by atoms with van der Waals surface area (Å²) in [5.74, 6) is 0.872. The second-order valence-electron chi connectivity index (χ2n) is 5.47. The lowest BCUT2D eigenvalue weighted by molar-refractivity contribution is -0.130. The molecule has 3 aromatic rings. The molecular weight excluding hydrogens is 404 g/mol. The summed E-state index contributed by atoms with van der Waals surface area (Å²) in [6.07, 6.45) is 0.860. The van der Waals surface area contributed by atoms with E-state index in [1.54, 1.807) is 6.21 Å². The minimum atomic E-state index is -0.735. The van der Waals surface area contributed by atoms with Crippen molar-refractivity contribution in [3.63, 3.8) is 0 Å². The third kappa shape index (κ3) is 3.52. The van der Waals surface area contributed by atoms with Gasteiger partial charge in [-0.15, -0.1) is 11.3 Å². The zero-order valence-corrected chi connectivity index (χ0v) is 15.3. The molecule has 1 atom stereocenters. The molecule has 1 amide bonds. The van der Waals surface area contributed by atoms with Crippen LogP contribution in [0.3, 0.4) is 0 Å². The highest BCUT2D eigenvalue weighted by atomic mass is 79.9. The van der Waals surface area contributed by atoms with Gasteiger partial charge in [0.15, 0.2) is 11.5 Å². The van der Waals surface area contributed by atoms with Gasteiger partial charge in [0.1, 0.15) is 6.61 Å². The zero-order valence-electron chi connectivity index (χ0n) is 12.9. The van der Waals surface area contributed by atoms with Crippen molar-refractivity contribution in [2.75, 3.05) is 6.61 Å². The largest absolute Gasteiger partial charge is 0.485 e. The fourth-order valence-electron chi connectivity index (χ4n) is 2.51. The standard InChI is InChI=1S/C18H13BrN2O3S/c19-13-7-14(25-10-13)8-20-21-18(22)17-9-23-15-5-11-3-1-2-4-12(11)6-16(15)24-17/h1-8,10,17H,9H2,(H,21,22)/b20-8-/t17-/m0/s1. The summed E-state index contributed by atoms with van der Waals surface area (Å²) in [6, 6.07) is 13.7. The third-order valence-corrected chi connectivity index (χ3v) is 5.35. The first-order chi connectivity index (χ1) is 12.2. The van der Waals surface area contributed by atoms with E-state index in [-0.39, 0.29) is 12.5 Å². The number of carbonyl (C=O) groups is 1. The van der Waals surface area contributed by atoms with Crippen LogP contribution >= 0.6 is 27.3 Å². The van der Waals surface area contributed by atoms with Crippen LogP contribution in [0.2, 0.25) is 0 Å². The molecule has 126 valence electrons. The Morgan fingerprint density at radius 3 is 2.72 bits per heavy atom. The number of amides is 1. The molecule has 1 N–H and O–H groups in total. The molecule has 0 spiro atoms. The molecule has 0 bridgehead atoms. The first kappa shape index (κ1) is 16.1. The second-order valence-corrected chi connectivity index (χ2v) is 7.32. The molecule has 5 nitrogen and oxygen atoms in total. The first-order valence-corrected chi connectivity index (χ1v) is 9.25. The molecule has 25 heavy (non-hydrogen) atoms. The number of thiophene rings is 1. The number of carbonyl (C=O) groups excluding carboxylic acids is 1. The average molecular weight is 417 g/mol. The number of nitrogens with zero attached hydrogens (tertiary/aromatic N) is 1. The molecule has 1 aromatic heterocycles. The Bertz CT molecular complexity index is 970. The molecule has 2 heterocycles. The van der Waals surface area contributed by atoms with Gasteiger partial charge in [0, 0.05) is 14.7 Å². The van der Waals surface area contributed by atoms with E-state index < -0.39 is 6.10 Å². The number of ether oxygens (including phenoxy) is 2. The molecule has 1 aliphatic rings. The Hall–Kier alpha value is -2.38. The second kappa shape index (κ2) is 6.85. The lowest BCUT2D eigenvalue weighted by Gasteiger charge is -2.25. The van der Waals surface area contributed by atoms with E-state index in [1.807, 2.05) is 47.8 Å². The molecule has 7 heteroatoms. The van der Waals surface area contributed by atoms with Crippen LogP contribution in [0.1, 0.15) is 4.88 Å². The Kier molecular flexibility index (Phi) is 4.42. The van der Waals surface area contributed by atoms with Crippen LogP contribution in [0, 0.1) is 0 Å². The maximum Gasteiger partial charge on any atom is 0.284 e. The van der Waals surface area contributed by atoms with Crippen molar-refractivity contribution in [3.8, 4) is 11.5 Å². The summed E-state index contributed by atoms with van der Waals surface area (Å²) in [6.45, 7) is 0.150. The van der Waals surface area contributed by atoms with E-state index in [9.17, 15) is 4.79 Å². The molecule has 0 saturated heterocycles. The SMILES string of the molecule is O=C(N/N=C\c1cc(Br)cs1)[C@@H]1COc2cc3ccccc3cc2O1. The van der Waals surface area contributed by atoms with Crippen LogP contribution in [0.5, 0.6) is 11.5 Å². The van der Waals surface area contributed by atoms with E-state index in [2.05, 4.69) is 26.5 Å². The van der Waals surface area contributed by atoms with Crippen LogP contribution in [-0.2, 0) is 4.79 Å². The minimum absolute atomic E-state index is 0.150. The van der Waals surface area contributed by atoms with Gasteiger partial charge in [-0.05, 0) is 44.9 Å². The van der Waals surface area contributed by atoms with Crippen LogP contribution in [-0.4, -0.2) is 24.8 Å². The predicted octanol–water partition coefficient (Wildman–Crippen LogP) is 3.95. The van der Waals surface area contributed by atoms with Gasteiger partial charge in [-0.2, -0.15) is 5.10 Å². The Labute approximate surface area is 156 Å². The van der Waals surface area contributed by atoms with Gasteiger partial charge in [-0.25, -0.2) is 5.43 Å². The zero-order chi connectivity index (χ0) is 17.2. The Morgan fingerprint density at radius 2 is 2.00 bits per heavy atom. The number of hydrazone groups is 1. The summed E-state index contributed by atoms with van der Waals surface area (Å²) < 4.78 is 12.5. The molecule has 0 fully saturated rings. The highest BCUT2D eigenvalue weighted by molar-refractivity contribution is 9.10. The highest BCUT2D eigenvalue weighted by Crippen LogP contribution is 2.35. The minimum Gasteiger partial charge on any atom is -0.485 e. The van der Waals surface area contributed by atoms with E-state index in [1.165, 1.54) is 11.3 Å². The van der Waals surface area contributed by atoms with Gasteiger partial charge in [0.2, 0.25) is 6.10 Å². The third-order valence-electron chi connectivity index (χ3n) is 3.72. The van der Waals surface area contributed by atoms with Crippen molar-refractivity contribution in [1.29, 1.82) is 0 Å². The Morgan fingerprint density at radius 1 is 1.24 bits per heavy atom. The number of hydrogen-bond acceptors (Lipinski definition) is 5. The summed E-state index contributed by atoms with van der Waals surface area (Å²) in [5, 5.41) is 8.02. The van der Waals surface area contributed by atoms with Crippen molar-refractivity contribution in [3.05, 3.63) is 57.2 Å². The smallest absolute Gasteiger partial charge is 0.284 e. The molecular formula is C18H13BrN2O3S. The number of rotatable bonds is 3. The van der Waals surface area contributed by atoms with Crippen molar-refractivity contribution in [2.24, 2.45) is 5.10 Å². The maximum absolute atomic E-state index is 12.2.